The van der Waals surface area contributed by atoms with Crippen molar-refractivity contribution in [2.75, 3.05) is 7.11 Å². The van der Waals surface area contributed by atoms with E-state index in [0.29, 0.717) is 27.8 Å². The van der Waals surface area contributed by atoms with E-state index in [-0.39, 0.29) is 11.4 Å². The monoisotopic (exact) mass is 361 g/mol. The highest BCUT2D eigenvalue weighted by molar-refractivity contribution is 6.01. The van der Waals surface area contributed by atoms with Gasteiger partial charge in [0.25, 0.3) is 5.56 Å². The molecule has 8 heteroatoms. The summed E-state index contributed by atoms with van der Waals surface area (Å²) >= 11 is 0. The molecule has 0 aliphatic heterocycles. The maximum atomic E-state index is 13.0. The molecule has 0 aliphatic carbocycles. The Balaban J connectivity index is 1.97. The van der Waals surface area contributed by atoms with Gasteiger partial charge in [-0.15, -0.1) is 10.2 Å². The van der Waals surface area contributed by atoms with Gasteiger partial charge in [0.2, 0.25) is 5.88 Å². The highest BCUT2D eigenvalue weighted by Gasteiger charge is 2.16. The second kappa shape index (κ2) is 6.75. The average Bonchev–Trinajstić information content (AvgIpc) is 3.22. The summed E-state index contributed by atoms with van der Waals surface area (Å²) in [5.41, 5.74) is 0.604. The van der Waals surface area contributed by atoms with Crippen molar-refractivity contribution in [1.82, 2.24) is 19.4 Å². The molecule has 27 heavy (non-hydrogen) atoms. The molecule has 4 aromatic rings. The summed E-state index contributed by atoms with van der Waals surface area (Å²) in [4.78, 5) is 13.0. The molecule has 0 fully saturated rings. The molecule has 0 bridgehead atoms. The summed E-state index contributed by atoms with van der Waals surface area (Å²) in [5, 5.41) is 23.5. The molecule has 0 saturated heterocycles. The van der Waals surface area contributed by atoms with E-state index >= 15 is 0 Å². The predicted molar refractivity (Wildman–Crippen MR) is 101 cm³/mol. The number of nitrogens with zero attached hydrogens (tertiary/aromatic N) is 5. The molecule has 2 aromatic heterocycles. The summed E-state index contributed by atoms with van der Waals surface area (Å²) in [6.45, 7) is 0. The third-order valence-corrected chi connectivity index (χ3v) is 4.16. The first-order valence-electron chi connectivity index (χ1n) is 8.09. The SMILES string of the molecule is COc1ccc(-n2c(O)c(/C=N/n3cnnc3)c3ccccc3c2=O)cc1. The molecule has 1 N–H and O–H groups in total. The number of aromatic hydroxyl groups is 1. The van der Waals surface area contributed by atoms with Crippen LogP contribution < -0.4 is 10.3 Å². The number of rotatable bonds is 4. The molecule has 0 radical (unpaired) electrons. The summed E-state index contributed by atoms with van der Waals surface area (Å²) in [6, 6.07) is 13.9. The van der Waals surface area contributed by atoms with Crippen LogP contribution in [0.4, 0.5) is 0 Å². The van der Waals surface area contributed by atoms with Crippen molar-refractivity contribution in [3.05, 3.63) is 77.1 Å². The zero-order valence-corrected chi connectivity index (χ0v) is 14.4. The molecule has 0 atom stereocenters. The van der Waals surface area contributed by atoms with Crippen LogP contribution in [-0.4, -0.2) is 37.9 Å². The number of pyridine rings is 1. The summed E-state index contributed by atoms with van der Waals surface area (Å²) < 4.78 is 7.80. The van der Waals surface area contributed by atoms with E-state index in [2.05, 4.69) is 15.3 Å². The van der Waals surface area contributed by atoms with Gasteiger partial charge in [-0.25, -0.2) is 9.24 Å². The van der Waals surface area contributed by atoms with E-state index in [4.69, 9.17) is 4.74 Å². The molecule has 8 nitrogen and oxygen atoms in total. The normalized spacial score (nSPS) is 11.3. The number of aromatic nitrogens is 4. The van der Waals surface area contributed by atoms with Gasteiger partial charge in [-0.2, -0.15) is 5.10 Å². The minimum atomic E-state index is -0.324. The van der Waals surface area contributed by atoms with Crippen LogP contribution in [0.2, 0.25) is 0 Å². The average molecular weight is 361 g/mol. The Morgan fingerprint density at radius 2 is 1.70 bits per heavy atom. The van der Waals surface area contributed by atoms with E-state index in [1.807, 2.05) is 0 Å². The van der Waals surface area contributed by atoms with Crippen molar-refractivity contribution < 1.29 is 9.84 Å². The lowest BCUT2D eigenvalue weighted by Crippen LogP contribution is -2.20. The molecule has 4 rings (SSSR count). The number of methoxy groups -OCH3 is 1. The molecule has 2 heterocycles. The van der Waals surface area contributed by atoms with Crippen LogP contribution in [0.15, 0.2) is 71.1 Å². The fraction of sp³-hybridized carbons (Fsp3) is 0.0526. The van der Waals surface area contributed by atoms with Gasteiger partial charge in [-0.1, -0.05) is 18.2 Å². The third-order valence-electron chi connectivity index (χ3n) is 4.16. The highest BCUT2D eigenvalue weighted by atomic mass is 16.5. The Hall–Kier alpha value is -3.94. The number of benzene rings is 2. The second-order valence-corrected chi connectivity index (χ2v) is 5.71. The van der Waals surface area contributed by atoms with Crippen molar-refractivity contribution in [3.63, 3.8) is 0 Å². The van der Waals surface area contributed by atoms with Crippen molar-refractivity contribution in [3.8, 4) is 17.3 Å². The van der Waals surface area contributed by atoms with Gasteiger partial charge in [-0.05, 0) is 30.3 Å². The zero-order chi connectivity index (χ0) is 18.8. The van der Waals surface area contributed by atoms with Crippen LogP contribution >= 0.6 is 0 Å². The van der Waals surface area contributed by atoms with Gasteiger partial charge in [0.15, 0.2) is 0 Å². The van der Waals surface area contributed by atoms with Crippen LogP contribution in [0.25, 0.3) is 16.5 Å². The number of hydrogen-bond acceptors (Lipinski definition) is 6. The smallest absolute Gasteiger partial charge is 0.265 e. The van der Waals surface area contributed by atoms with Crippen LogP contribution in [0, 0.1) is 0 Å². The third kappa shape index (κ3) is 2.93. The lowest BCUT2D eigenvalue weighted by molar-refractivity contribution is 0.414. The summed E-state index contributed by atoms with van der Waals surface area (Å²) in [7, 11) is 1.56. The van der Waals surface area contributed by atoms with E-state index in [1.54, 1.807) is 55.6 Å². The molecule has 0 amide bonds. The first kappa shape index (κ1) is 16.5. The highest BCUT2D eigenvalue weighted by Crippen LogP contribution is 2.26. The Bertz CT molecular complexity index is 1180. The van der Waals surface area contributed by atoms with Crippen molar-refractivity contribution in [1.29, 1.82) is 0 Å². The van der Waals surface area contributed by atoms with Gasteiger partial charge >= 0.3 is 0 Å². The Kier molecular flexibility index (Phi) is 4.13. The standard InChI is InChI=1S/C19H15N5O3/c1-27-14-8-6-13(7-9-14)24-18(25)16-5-3-2-4-15(16)17(19(24)26)10-22-23-11-20-21-12-23/h2-12,26H,1H3/b22-10+. The molecule has 134 valence electrons. The zero-order valence-electron chi connectivity index (χ0n) is 14.4. The van der Waals surface area contributed by atoms with Gasteiger partial charge in [-0.3, -0.25) is 4.79 Å². The Morgan fingerprint density at radius 3 is 2.37 bits per heavy atom. The van der Waals surface area contributed by atoms with Crippen LogP contribution in [0.3, 0.4) is 0 Å². The van der Waals surface area contributed by atoms with Crippen molar-refractivity contribution in [2.45, 2.75) is 0 Å². The van der Waals surface area contributed by atoms with E-state index in [1.165, 1.54) is 28.1 Å². The van der Waals surface area contributed by atoms with Gasteiger partial charge in [0, 0.05) is 10.8 Å². The largest absolute Gasteiger partial charge is 0.497 e. The lowest BCUT2D eigenvalue weighted by atomic mass is 10.1. The maximum Gasteiger partial charge on any atom is 0.265 e. The first-order chi connectivity index (χ1) is 13.2. The van der Waals surface area contributed by atoms with Gasteiger partial charge in [0.05, 0.1) is 24.6 Å². The molecule has 2 aromatic carbocycles. The van der Waals surface area contributed by atoms with Gasteiger partial charge in [0.1, 0.15) is 18.4 Å². The Labute approximate surface area is 153 Å². The van der Waals surface area contributed by atoms with E-state index < -0.39 is 0 Å². The van der Waals surface area contributed by atoms with Crippen LogP contribution in [-0.2, 0) is 0 Å². The molecule has 0 spiro atoms. The number of fused-ring (bicyclic) bond motifs is 1. The summed E-state index contributed by atoms with van der Waals surface area (Å²) in [5.74, 6) is 0.446. The topological polar surface area (TPSA) is 94.5 Å². The summed E-state index contributed by atoms with van der Waals surface area (Å²) in [6.07, 6.45) is 4.32. The second-order valence-electron chi connectivity index (χ2n) is 5.71. The predicted octanol–water partition coefficient (Wildman–Crippen LogP) is 2.18. The quantitative estimate of drug-likeness (QED) is 0.562. The van der Waals surface area contributed by atoms with Gasteiger partial charge < -0.3 is 9.84 Å². The van der Waals surface area contributed by atoms with Crippen molar-refractivity contribution >= 4 is 17.0 Å². The van der Waals surface area contributed by atoms with E-state index in [9.17, 15) is 9.90 Å². The van der Waals surface area contributed by atoms with Crippen LogP contribution in [0.5, 0.6) is 11.6 Å². The minimum absolute atomic E-state index is 0.208. The molecule has 0 saturated carbocycles. The fourth-order valence-electron chi connectivity index (χ4n) is 2.84. The van der Waals surface area contributed by atoms with E-state index in [0.717, 1.165) is 0 Å². The minimum Gasteiger partial charge on any atom is -0.497 e. The lowest BCUT2D eigenvalue weighted by Gasteiger charge is -2.14. The number of hydrogen-bond donors (Lipinski definition) is 1. The number of ether oxygens (including phenoxy) is 1. The molecular weight excluding hydrogens is 346 g/mol. The first-order valence-corrected chi connectivity index (χ1v) is 8.09. The maximum absolute atomic E-state index is 13.0. The van der Waals surface area contributed by atoms with Crippen molar-refractivity contribution in [2.24, 2.45) is 5.10 Å². The Morgan fingerprint density at radius 1 is 1.04 bits per heavy atom. The molecule has 0 unspecified atom stereocenters. The van der Waals surface area contributed by atoms with Crippen LogP contribution in [0.1, 0.15) is 5.56 Å². The fourth-order valence-corrected chi connectivity index (χ4v) is 2.84. The molecular formula is C19H15N5O3. The molecule has 0 aliphatic rings.